The minimum Gasteiger partial charge on any atom is -0.349 e. The van der Waals surface area contributed by atoms with Gasteiger partial charge in [0.25, 0.3) is 5.91 Å². The first-order chi connectivity index (χ1) is 10.1. The Balaban J connectivity index is 1.66. The Morgan fingerprint density at radius 3 is 2.95 bits per heavy atom. The van der Waals surface area contributed by atoms with Gasteiger partial charge in [-0.15, -0.1) is 0 Å². The topological polar surface area (TPSA) is 45.2 Å². The van der Waals surface area contributed by atoms with Crippen LogP contribution in [0.3, 0.4) is 0 Å². The summed E-state index contributed by atoms with van der Waals surface area (Å²) in [6, 6.07) is 10.1. The number of pyridine rings is 1. The van der Waals surface area contributed by atoms with Crippen molar-refractivity contribution in [3.63, 3.8) is 0 Å². The predicted octanol–water partition coefficient (Wildman–Crippen LogP) is 2.71. The van der Waals surface area contributed by atoms with Crippen molar-refractivity contribution in [3.8, 4) is 0 Å². The number of rotatable bonds is 5. The molecule has 2 aromatic rings. The van der Waals surface area contributed by atoms with E-state index in [9.17, 15) is 4.79 Å². The van der Waals surface area contributed by atoms with E-state index in [1.165, 1.54) is 12.8 Å². The highest BCUT2D eigenvalue weighted by atomic mass is 35.5. The van der Waals surface area contributed by atoms with Gasteiger partial charge in [0.05, 0.1) is 0 Å². The average Bonchev–Trinajstić information content (AvgIpc) is 3.31. The molecule has 1 aromatic heterocycles. The maximum atomic E-state index is 12.2. The summed E-state index contributed by atoms with van der Waals surface area (Å²) in [5.74, 6) is -0.174. The number of nitrogens with zero attached hydrogens (tertiary/aromatic N) is 2. The van der Waals surface area contributed by atoms with Gasteiger partial charge in [-0.3, -0.25) is 4.79 Å². The summed E-state index contributed by atoms with van der Waals surface area (Å²) < 4.78 is 0. The quantitative estimate of drug-likeness (QED) is 0.864. The molecule has 1 aromatic carbocycles. The maximum Gasteiger partial charge on any atom is 0.270 e. The Morgan fingerprint density at radius 2 is 2.19 bits per heavy atom. The zero-order valence-corrected chi connectivity index (χ0v) is 12.7. The highest BCUT2D eigenvalue weighted by Gasteiger charge is 2.25. The molecule has 110 valence electrons. The standard InChI is InChI=1S/C16H18ClN3O/c1-20(12-6-7-12)9-8-18-16(21)14-10-11-4-2-3-5-13(11)15(17)19-14/h2-5,10,12H,6-9H2,1H3,(H,18,21). The maximum absolute atomic E-state index is 12.2. The Labute approximate surface area is 129 Å². The molecule has 0 unspecified atom stereocenters. The molecule has 0 bridgehead atoms. The molecule has 1 N–H and O–H groups in total. The number of likely N-dealkylation sites (N-methyl/N-ethyl adjacent to an activating group) is 1. The second-order valence-corrected chi connectivity index (χ2v) is 5.85. The van der Waals surface area contributed by atoms with Crippen molar-refractivity contribution < 1.29 is 4.79 Å². The van der Waals surface area contributed by atoms with Gasteiger partial charge in [0, 0.05) is 24.5 Å². The number of carbonyl (C=O) groups excluding carboxylic acids is 1. The molecule has 4 nitrogen and oxygen atoms in total. The van der Waals surface area contributed by atoms with E-state index < -0.39 is 0 Å². The Hall–Kier alpha value is -1.65. The summed E-state index contributed by atoms with van der Waals surface area (Å²) in [4.78, 5) is 18.6. The molecule has 1 aliphatic rings. The van der Waals surface area contributed by atoms with E-state index in [1.54, 1.807) is 6.07 Å². The molecule has 1 amide bonds. The van der Waals surface area contributed by atoms with Crippen LogP contribution in [0, 0.1) is 0 Å². The van der Waals surface area contributed by atoms with E-state index in [4.69, 9.17) is 11.6 Å². The van der Waals surface area contributed by atoms with Crippen LogP contribution in [0.4, 0.5) is 0 Å². The molecule has 0 atom stereocenters. The fourth-order valence-electron chi connectivity index (χ4n) is 2.41. The molecule has 0 spiro atoms. The third-order valence-corrected chi connectivity index (χ3v) is 4.13. The number of nitrogens with one attached hydrogen (secondary N) is 1. The van der Waals surface area contributed by atoms with Crippen LogP contribution in [0.15, 0.2) is 30.3 Å². The van der Waals surface area contributed by atoms with Crippen molar-refractivity contribution >= 4 is 28.3 Å². The largest absolute Gasteiger partial charge is 0.349 e. The number of halogens is 1. The van der Waals surface area contributed by atoms with E-state index in [0.717, 1.165) is 17.3 Å². The Bertz CT molecular complexity index is 670. The van der Waals surface area contributed by atoms with Crippen LogP contribution in [0.5, 0.6) is 0 Å². The van der Waals surface area contributed by atoms with Gasteiger partial charge in [-0.25, -0.2) is 4.98 Å². The highest BCUT2D eigenvalue weighted by Crippen LogP contribution is 2.24. The zero-order chi connectivity index (χ0) is 14.8. The van der Waals surface area contributed by atoms with Gasteiger partial charge in [0.1, 0.15) is 10.8 Å². The van der Waals surface area contributed by atoms with Crippen molar-refractivity contribution in [2.24, 2.45) is 0 Å². The molecule has 0 radical (unpaired) electrons. The van der Waals surface area contributed by atoms with Crippen LogP contribution in [-0.4, -0.2) is 42.0 Å². The van der Waals surface area contributed by atoms with Crippen molar-refractivity contribution in [2.75, 3.05) is 20.1 Å². The van der Waals surface area contributed by atoms with E-state index in [2.05, 4.69) is 22.2 Å². The van der Waals surface area contributed by atoms with Crippen LogP contribution in [0.2, 0.25) is 5.15 Å². The molecule has 5 heteroatoms. The van der Waals surface area contributed by atoms with Crippen molar-refractivity contribution in [1.82, 2.24) is 15.2 Å². The van der Waals surface area contributed by atoms with Gasteiger partial charge in [0.2, 0.25) is 0 Å². The van der Waals surface area contributed by atoms with Gasteiger partial charge in [-0.05, 0) is 31.3 Å². The molecule has 1 fully saturated rings. The number of benzene rings is 1. The molecule has 0 aliphatic heterocycles. The molecular formula is C16H18ClN3O. The first kappa shape index (κ1) is 14.3. The number of hydrogen-bond donors (Lipinski definition) is 1. The summed E-state index contributed by atoms with van der Waals surface area (Å²) >= 11 is 6.14. The first-order valence-electron chi connectivity index (χ1n) is 7.19. The summed E-state index contributed by atoms with van der Waals surface area (Å²) in [7, 11) is 2.09. The Kier molecular flexibility index (Phi) is 4.08. The number of hydrogen-bond acceptors (Lipinski definition) is 3. The van der Waals surface area contributed by atoms with E-state index in [0.29, 0.717) is 23.4 Å². The lowest BCUT2D eigenvalue weighted by Gasteiger charge is -2.15. The minimum atomic E-state index is -0.174. The smallest absolute Gasteiger partial charge is 0.270 e. The third-order valence-electron chi connectivity index (χ3n) is 3.85. The summed E-state index contributed by atoms with van der Waals surface area (Å²) in [5, 5.41) is 5.06. The molecule has 21 heavy (non-hydrogen) atoms. The zero-order valence-electron chi connectivity index (χ0n) is 12.0. The second kappa shape index (κ2) is 6.00. The molecule has 1 saturated carbocycles. The fourth-order valence-corrected chi connectivity index (χ4v) is 2.67. The lowest BCUT2D eigenvalue weighted by Crippen LogP contribution is -2.34. The summed E-state index contributed by atoms with van der Waals surface area (Å²) in [6.45, 7) is 1.48. The third kappa shape index (κ3) is 3.34. The van der Waals surface area contributed by atoms with Crippen LogP contribution >= 0.6 is 11.6 Å². The van der Waals surface area contributed by atoms with Gasteiger partial charge >= 0.3 is 0 Å². The van der Waals surface area contributed by atoms with Gasteiger partial charge < -0.3 is 10.2 Å². The van der Waals surface area contributed by atoms with Crippen LogP contribution in [0.1, 0.15) is 23.3 Å². The number of aromatic nitrogens is 1. The van der Waals surface area contributed by atoms with Crippen molar-refractivity contribution in [3.05, 3.63) is 41.2 Å². The van der Waals surface area contributed by atoms with Crippen LogP contribution in [-0.2, 0) is 0 Å². The number of carbonyl (C=O) groups is 1. The summed E-state index contributed by atoms with van der Waals surface area (Å²) in [6.07, 6.45) is 2.54. The summed E-state index contributed by atoms with van der Waals surface area (Å²) in [5.41, 5.74) is 0.368. The lowest BCUT2D eigenvalue weighted by atomic mass is 10.1. The van der Waals surface area contributed by atoms with E-state index in [1.807, 2.05) is 24.3 Å². The number of fused-ring (bicyclic) bond motifs is 1. The van der Waals surface area contributed by atoms with E-state index >= 15 is 0 Å². The van der Waals surface area contributed by atoms with Crippen molar-refractivity contribution in [2.45, 2.75) is 18.9 Å². The lowest BCUT2D eigenvalue weighted by molar-refractivity contribution is 0.0944. The Morgan fingerprint density at radius 1 is 1.43 bits per heavy atom. The normalized spacial score (nSPS) is 14.6. The van der Waals surface area contributed by atoms with Gasteiger partial charge in [0.15, 0.2) is 0 Å². The van der Waals surface area contributed by atoms with Crippen LogP contribution < -0.4 is 5.32 Å². The molecular weight excluding hydrogens is 286 g/mol. The fraction of sp³-hybridized carbons (Fsp3) is 0.375. The van der Waals surface area contributed by atoms with Gasteiger partial charge in [-0.1, -0.05) is 35.9 Å². The molecule has 1 heterocycles. The molecule has 3 rings (SSSR count). The molecule has 0 saturated heterocycles. The predicted molar refractivity (Wildman–Crippen MR) is 84.7 cm³/mol. The average molecular weight is 304 g/mol. The van der Waals surface area contributed by atoms with Gasteiger partial charge in [-0.2, -0.15) is 0 Å². The number of amides is 1. The van der Waals surface area contributed by atoms with Crippen molar-refractivity contribution in [1.29, 1.82) is 0 Å². The van der Waals surface area contributed by atoms with E-state index in [-0.39, 0.29) is 5.91 Å². The SMILES string of the molecule is CN(CCNC(=O)c1cc2ccccc2c(Cl)n1)C1CC1. The van der Waals surface area contributed by atoms with Crippen LogP contribution in [0.25, 0.3) is 10.8 Å². The minimum absolute atomic E-state index is 0.174. The molecule has 1 aliphatic carbocycles. The second-order valence-electron chi connectivity index (χ2n) is 5.49. The highest BCUT2D eigenvalue weighted by molar-refractivity contribution is 6.34. The monoisotopic (exact) mass is 303 g/mol. The first-order valence-corrected chi connectivity index (χ1v) is 7.56.